The molecule has 0 saturated carbocycles. The number of hydrogen-bond acceptors (Lipinski definition) is 4. The summed E-state index contributed by atoms with van der Waals surface area (Å²) in [6.07, 6.45) is 2.49. The molecular formula is C12H26N4O. The molecule has 4 N–H and O–H groups in total. The van der Waals surface area contributed by atoms with Gasteiger partial charge in [0.2, 0.25) is 5.91 Å². The molecule has 17 heavy (non-hydrogen) atoms. The zero-order valence-electron chi connectivity index (χ0n) is 11.3. The molecule has 1 heterocycles. The molecule has 0 aromatic rings. The Hall–Kier alpha value is -0.650. The van der Waals surface area contributed by atoms with Crippen molar-refractivity contribution in [2.75, 3.05) is 33.2 Å². The second kappa shape index (κ2) is 6.33. The monoisotopic (exact) mass is 242 g/mol. The number of carbonyl (C=O) groups excluding carboxylic acids is 1. The summed E-state index contributed by atoms with van der Waals surface area (Å²) in [5, 5.41) is 3.23. The van der Waals surface area contributed by atoms with Crippen LogP contribution in [0.1, 0.15) is 26.7 Å². The van der Waals surface area contributed by atoms with E-state index >= 15 is 0 Å². The van der Waals surface area contributed by atoms with Gasteiger partial charge in [0.05, 0.1) is 5.41 Å². The Bertz CT molecular complexity index is 253. The summed E-state index contributed by atoms with van der Waals surface area (Å²) < 4.78 is 0. The van der Waals surface area contributed by atoms with Gasteiger partial charge < -0.3 is 10.2 Å². The molecule has 1 amide bonds. The number of nitrogens with two attached hydrogens (primary N) is 1. The molecule has 5 nitrogen and oxygen atoms in total. The molecular weight excluding hydrogens is 216 g/mol. The highest BCUT2D eigenvalue weighted by atomic mass is 16.2. The van der Waals surface area contributed by atoms with Crippen LogP contribution in [0, 0.1) is 11.3 Å². The van der Waals surface area contributed by atoms with Gasteiger partial charge in [0.15, 0.2) is 0 Å². The van der Waals surface area contributed by atoms with Crippen LogP contribution in [0.25, 0.3) is 0 Å². The Labute approximate surface area is 104 Å². The average molecular weight is 242 g/mol. The van der Waals surface area contributed by atoms with Gasteiger partial charge in [0, 0.05) is 13.1 Å². The van der Waals surface area contributed by atoms with Crippen LogP contribution in [-0.2, 0) is 4.79 Å². The minimum atomic E-state index is -0.420. The van der Waals surface area contributed by atoms with Crippen molar-refractivity contribution in [3.63, 3.8) is 0 Å². The molecule has 0 aromatic heterocycles. The van der Waals surface area contributed by atoms with Crippen LogP contribution < -0.4 is 16.6 Å². The lowest BCUT2D eigenvalue weighted by molar-refractivity contribution is -0.130. The fourth-order valence-corrected chi connectivity index (χ4v) is 2.58. The number of nitrogens with one attached hydrogen (secondary N) is 2. The van der Waals surface area contributed by atoms with E-state index < -0.39 is 5.41 Å². The molecule has 0 aromatic carbocycles. The van der Waals surface area contributed by atoms with E-state index in [-0.39, 0.29) is 5.91 Å². The van der Waals surface area contributed by atoms with Crippen LogP contribution >= 0.6 is 0 Å². The van der Waals surface area contributed by atoms with Gasteiger partial charge in [-0.2, -0.15) is 0 Å². The Morgan fingerprint density at radius 2 is 2.24 bits per heavy atom. The van der Waals surface area contributed by atoms with Crippen molar-refractivity contribution in [3.05, 3.63) is 0 Å². The Morgan fingerprint density at radius 1 is 1.53 bits per heavy atom. The van der Waals surface area contributed by atoms with Crippen molar-refractivity contribution in [2.45, 2.75) is 26.7 Å². The summed E-state index contributed by atoms with van der Waals surface area (Å²) in [5.41, 5.74) is 1.83. The number of amides is 1. The molecule has 1 unspecified atom stereocenters. The first kappa shape index (κ1) is 14.4. The average Bonchev–Trinajstić information content (AvgIpc) is 2.28. The van der Waals surface area contributed by atoms with Crippen molar-refractivity contribution in [1.82, 2.24) is 15.6 Å². The summed E-state index contributed by atoms with van der Waals surface area (Å²) in [5.74, 6) is 5.82. The number of likely N-dealkylation sites (tertiary alicyclic amines) is 1. The van der Waals surface area contributed by atoms with Crippen molar-refractivity contribution in [3.8, 4) is 0 Å². The van der Waals surface area contributed by atoms with Crippen molar-refractivity contribution in [1.29, 1.82) is 0 Å². The maximum atomic E-state index is 11.6. The first-order valence-electron chi connectivity index (χ1n) is 6.37. The zero-order valence-corrected chi connectivity index (χ0v) is 11.3. The van der Waals surface area contributed by atoms with Gasteiger partial charge in [-0.3, -0.25) is 10.2 Å². The maximum Gasteiger partial charge on any atom is 0.240 e. The largest absolute Gasteiger partial charge is 0.319 e. The lowest BCUT2D eigenvalue weighted by atomic mass is 9.89. The molecule has 1 atom stereocenters. The molecule has 1 aliphatic rings. The van der Waals surface area contributed by atoms with Gasteiger partial charge in [-0.25, -0.2) is 5.84 Å². The predicted octanol–water partition coefficient (Wildman–Crippen LogP) is -0.0661. The Kier molecular flexibility index (Phi) is 5.36. The van der Waals surface area contributed by atoms with Gasteiger partial charge in [0.1, 0.15) is 0 Å². The van der Waals surface area contributed by atoms with Crippen LogP contribution in [0.4, 0.5) is 0 Å². The Balaban J connectivity index is 2.47. The highest BCUT2D eigenvalue weighted by molar-refractivity contribution is 5.81. The van der Waals surface area contributed by atoms with Gasteiger partial charge >= 0.3 is 0 Å². The van der Waals surface area contributed by atoms with Crippen LogP contribution in [0.3, 0.4) is 0 Å². The molecule has 1 fully saturated rings. The number of hydrogen-bond donors (Lipinski definition) is 3. The molecule has 1 saturated heterocycles. The molecule has 1 rings (SSSR count). The van der Waals surface area contributed by atoms with Crippen molar-refractivity contribution in [2.24, 2.45) is 17.2 Å². The molecule has 1 aliphatic heterocycles. The summed E-state index contributed by atoms with van der Waals surface area (Å²) in [6, 6.07) is 0. The summed E-state index contributed by atoms with van der Waals surface area (Å²) >= 11 is 0. The van der Waals surface area contributed by atoms with E-state index in [2.05, 4.69) is 15.6 Å². The third-order valence-corrected chi connectivity index (χ3v) is 3.46. The number of piperidine rings is 1. The highest BCUT2D eigenvalue weighted by Gasteiger charge is 2.31. The fraction of sp³-hybridized carbons (Fsp3) is 0.917. The van der Waals surface area contributed by atoms with E-state index in [1.165, 1.54) is 12.8 Å². The lowest BCUT2D eigenvalue weighted by Gasteiger charge is -2.37. The number of nitrogens with zero attached hydrogens (tertiary/aromatic N) is 1. The van der Waals surface area contributed by atoms with E-state index in [0.717, 1.165) is 26.2 Å². The van der Waals surface area contributed by atoms with Crippen LogP contribution in [0.5, 0.6) is 0 Å². The van der Waals surface area contributed by atoms with Crippen molar-refractivity contribution >= 4 is 5.91 Å². The van der Waals surface area contributed by atoms with Gasteiger partial charge in [-0.05, 0) is 52.7 Å². The second-order valence-corrected chi connectivity index (χ2v) is 5.66. The van der Waals surface area contributed by atoms with Crippen LogP contribution in [0.15, 0.2) is 0 Å². The van der Waals surface area contributed by atoms with E-state index in [0.29, 0.717) is 5.92 Å². The van der Waals surface area contributed by atoms with Crippen molar-refractivity contribution < 1.29 is 4.79 Å². The molecule has 0 spiro atoms. The molecule has 100 valence electrons. The first-order chi connectivity index (χ1) is 7.99. The molecule has 0 aliphatic carbocycles. The first-order valence-corrected chi connectivity index (χ1v) is 6.37. The molecule has 0 radical (unpaired) electrons. The smallest absolute Gasteiger partial charge is 0.240 e. The number of carbonyl (C=O) groups is 1. The third-order valence-electron chi connectivity index (χ3n) is 3.46. The maximum absolute atomic E-state index is 11.6. The number of rotatable bonds is 5. The van der Waals surface area contributed by atoms with Crippen LogP contribution in [-0.4, -0.2) is 44.0 Å². The summed E-state index contributed by atoms with van der Waals surface area (Å²) in [6.45, 7) is 7.87. The summed E-state index contributed by atoms with van der Waals surface area (Å²) in [7, 11) is 1.99. The minimum absolute atomic E-state index is 0.0896. The summed E-state index contributed by atoms with van der Waals surface area (Å²) in [4.78, 5) is 14.0. The normalized spacial score (nSPS) is 22.5. The van der Waals surface area contributed by atoms with Gasteiger partial charge in [0.25, 0.3) is 0 Å². The van der Waals surface area contributed by atoms with E-state index in [9.17, 15) is 4.79 Å². The zero-order chi connectivity index (χ0) is 12.9. The predicted molar refractivity (Wildman–Crippen MR) is 69.2 cm³/mol. The van der Waals surface area contributed by atoms with E-state index in [1.54, 1.807) is 0 Å². The SMILES string of the molecule is CNCC1CCCN(CC(C)(C)C(=O)NN)C1. The lowest BCUT2D eigenvalue weighted by Crippen LogP contribution is -2.50. The second-order valence-electron chi connectivity index (χ2n) is 5.66. The highest BCUT2D eigenvalue weighted by Crippen LogP contribution is 2.22. The van der Waals surface area contributed by atoms with E-state index in [4.69, 9.17) is 5.84 Å². The number of hydrazine groups is 1. The topological polar surface area (TPSA) is 70.4 Å². The third kappa shape index (κ3) is 4.26. The fourth-order valence-electron chi connectivity index (χ4n) is 2.58. The van der Waals surface area contributed by atoms with Crippen LogP contribution in [0.2, 0.25) is 0 Å². The molecule has 0 bridgehead atoms. The van der Waals surface area contributed by atoms with Gasteiger partial charge in [-0.15, -0.1) is 0 Å². The van der Waals surface area contributed by atoms with E-state index in [1.807, 2.05) is 20.9 Å². The standard InChI is InChI=1S/C12H26N4O/c1-12(2,11(17)15-13)9-16-6-4-5-10(8-16)7-14-3/h10,14H,4-9,13H2,1-3H3,(H,15,17). The quantitative estimate of drug-likeness (QED) is 0.359. The molecule has 5 heteroatoms. The minimum Gasteiger partial charge on any atom is -0.319 e. The Morgan fingerprint density at radius 3 is 2.82 bits per heavy atom. The van der Waals surface area contributed by atoms with Gasteiger partial charge in [-0.1, -0.05) is 0 Å².